The molecule has 0 unspecified atom stereocenters. The summed E-state index contributed by atoms with van der Waals surface area (Å²) >= 11 is 1.28. The zero-order valence-corrected chi connectivity index (χ0v) is 20.4. The number of carbonyl (C=O) groups excluding carboxylic acids is 1. The fourth-order valence-electron chi connectivity index (χ4n) is 6.18. The Kier molecular flexibility index (Phi) is 5.90. The van der Waals surface area contributed by atoms with Crippen LogP contribution >= 0.6 is 11.8 Å². The lowest BCUT2D eigenvalue weighted by Crippen LogP contribution is -2.46. The van der Waals surface area contributed by atoms with Gasteiger partial charge in [0.2, 0.25) is 5.91 Å². The molecule has 0 radical (unpaired) electrons. The van der Waals surface area contributed by atoms with Gasteiger partial charge in [-0.15, -0.1) is 0 Å². The highest BCUT2D eigenvalue weighted by Crippen LogP contribution is 2.49. The van der Waals surface area contributed by atoms with Crippen LogP contribution in [0.3, 0.4) is 0 Å². The largest absolute Gasteiger partial charge is 0.375 e. The van der Waals surface area contributed by atoms with Crippen LogP contribution in [0.1, 0.15) is 76.0 Å². The number of aromatic nitrogens is 2. The molecule has 0 bridgehead atoms. The minimum absolute atomic E-state index is 0.00719. The lowest BCUT2D eigenvalue weighted by Gasteiger charge is -2.43. The van der Waals surface area contributed by atoms with Crippen LogP contribution in [-0.4, -0.2) is 33.4 Å². The molecule has 1 amide bonds. The molecule has 176 valence electrons. The van der Waals surface area contributed by atoms with E-state index in [4.69, 9.17) is 15.5 Å². The molecule has 5 rings (SSSR count). The molecule has 1 saturated heterocycles. The van der Waals surface area contributed by atoms with Gasteiger partial charge in [0.15, 0.2) is 5.16 Å². The first-order chi connectivity index (χ1) is 15.8. The number of rotatable bonds is 4. The van der Waals surface area contributed by atoms with Crippen LogP contribution < -0.4 is 11.3 Å². The number of fused-ring (bicyclic) bond motifs is 4. The van der Waals surface area contributed by atoms with Crippen molar-refractivity contribution in [1.82, 2.24) is 9.55 Å². The SMILES string of the molecule is CC1(C)C[C@H](n2c(SCC(N)=O)nc3c(c2=O)C2(CCCCC2)Cc2ccccc2-3)CCO1. The zero-order chi connectivity index (χ0) is 23.2. The lowest BCUT2D eigenvalue weighted by atomic mass is 9.62. The van der Waals surface area contributed by atoms with Crippen molar-refractivity contribution >= 4 is 17.7 Å². The van der Waals surface area contributed by atoms with Gasteiger partial charge in [0.1, 0.15) is 0 Å². The molecule has 2 aliphatic carbocycles. The van der Waals surface area contributed by atoms with Crippen LogP contribution in [0.4, 0.5) is 0 Å². The van der Waals surface area contributed by atoms with Crippen molar-refractivity contribution in [3.63, 3.8) is 0 Å². The normalized spacial score (nSPS) is 23.0. The Morgan fingerprint density at radius 3 is 2.73 bits per heavy atom. The molecule has 1 saturated carbocycles. The Balaban J connectivity index is 1.74. The Hall–Kier alpha value is -2.12. The Bertz CT molecular complexity index is 1130. The van der Waals surface area contributed by atoms with Gasteiger partial charge in [0.05, 0.1) is 22.6 Å². The number of nitrogens with two attached hydrogens (primary N) is 1. The van der Waals surface area contributed by atoms with Gasteiger partial charge in [-0.2, -0.15) is 0 Å². The summed E-state index contributed by atoms with van der Waals surface area (Å²) in [7, 11) is 0. The van der Waals surface area contributed by atoms with Crippen molar-refractivity contribution in [3.05, 3.63) is 45.7 Å². The second-order valence-corrected chi connectivity index (χ2v) is 11.4. The van der Waals surface area contributed by atoms with Crippen molar-refractivity contribution in [3.8, 4) is 11.3 Å². The highest BCUT2D eigenvalue weighted by Gasteiger charge is 2.44. The van der Waals surface area contributed by atoms with E-state index in [-0.39, 0.29) is 28.4 Å². The summed E-state index contributed by atoms with van der Waals surface area (Å²) in [5, 5.41) is 0.600. The summed E-state index contributed by atoms with van der Waals surface area (Å²) in [6.07, 6.45) is 7.96. The molecule has 2 heterocycles. The zero-order valence-electron chi connectivity index (χ0n) is 19.6. The number of hydrogen-bond acceptors (Lipinski definition) is 5. The number of hydrogen-bond donors (Lipinski definition) is 1. The van der Waals surface area contributed by atoms with Crippen LogP contribution in [0.2, 0.25) is 0 Å². The molecule has 2 N–H and O–H groups in total. The third-order valence-electron chi connectivity index (χ3n) is 7.61. The van der Waals surface area contributed by atoms with Crippen molar-refractivity contribution in [2.24, 2.45) is 5.73 Å². The topological polar surface area (TPSA) is 87.2 Å². The summed E-state index contributed by atoms with van der Waals surface area (Å²) in [4.78, 5) is 31.2. The van der Waals surface area contributed by atoms with Crippen LogP contribution in [0.25, 0.3) is 11.3 Å². The second kappa shape index (κ2) is 8.58. The van der Waals surface area contributed by atoms with Crippen molar-refractivity contribution in [2.75, 3.05) is 12.4 Å². The van der Waals surface area contributed by atoms with E-state index in [9.17, 15) is 9.59 Å². The van der Waals surface area contributed by atoms with E-state index in [2.05, 4.69) is 32.0 Å². The third-order valence-corrected chi connectivity index (χ3v) is 8.58. The summed E-state index contributed by atoms with van der Waals surface area (Å²) in [5.41, 5.74) is 9.14. The first-order valence-corrected chi connectivity index (χ1v) is 13.1. The van der Waals surface area contributed by atoms with E-state index in [1.165, 1.54) is 23.7 Å². The average molecular weight is 468 g/mol. The van der Waals surface area contributed by atoms with Gasteiger partial charge in [-0.05, 0) is 51.5 Å². The number of carbonyl (C=O) groups is 1. The third kappa shape index (κ3) is 4.14. The molecule has 1 aromatic carbocycles. The predicted octanol–water partition coefficient (Wildman–Crippen LogP) is 4.38. The minimum atomic E-state index is -0.407. The first-order valence-electron chi connectivity index (χ1n) is 12.1. The molecule has 33 heavy (non-hydrogen) atoms. The predicted molar refractivity (Wildman–Crippen MR) is 131 cm³/mol. The van der Waals surface area contributed by atoms with E-state index in [1.54, 1.807) is 0 Å². The molecule has 2 aromatic rings. The van der Waals surface area contributed by atoms with Gasteiger partial charge in [-0.25, -0.2) is 4.98 Å². The second-order valence-electron chi connectivity index (χ2n) is 10.5. The summed E-state index contributed by atoms with van der Waals surface area (Å²) in [6, 6.07) is 8.35. The minimum Gasteiger partial charge on any atom is -0.375 e. The van der Waals surface area contributed by atoms with E-state index in [1.807, 2.05) is 10.6 Å². The standard InChI is InChI=1S/C26H33N3O3S/c1-25(2)15-18(10-13-32-25)29-23(31)21-22(28-24(29)33-16-20(27)30)19-9-5-4-8-17(19)14-26(21)11-6-3-7-12-26/h4-5,8-9,18H,3,6-7,10-16H2,1-2H3,(H2,27,30)/t18-/m1/s1. The monoisotopic (exact) mass is 467 g/mol. The van der Waals surface area contributed by atoms with Gasteiger partial charge < -0.3 is 10.5 Å². The van der Waals surface area contributed by atoms with Crippen LogP contribution in [-0.2, 0) is 21.4 Å². The number of nitrogens with zero attached hydrogens (tertiary/aromatic N) is 2. The van der Waals surface area contributed by atoms with Gasteiger partial charge in [0, 0.05) is 23.6 Å². The maximum atomic E-state index is 14.4. The highest BCUT2D eigenvalue weighted by molar-refractivity contribution is 7.99. The van der Waals surface area contributed by atoms with E-state index >= 15 is 0 Å². The van der Waals surface area contributed by atoms with Crippen LogP contribution in [0, 0.1) is 0 Å². The molecular formula is C26H33N3O3S. The van der Waals surface area contributed by atoms with Gasteiger partial charge in [0.25, 0.3) is 5.56 Å². The van der Waals surface area contributed by atoms with E-state index in [0.717, 1.165) is 61.8 Å². The molecule has 2 fully saturated rings. The number of amides is 1. The first kappa shape index (κ1) is 22.7. The molecular weight excluding hydrogens is 434 g/mol. The summed E-state index contributed by atoms with van der Waals surface area (Å²) < 4.78 is 7.84. The maximum absolute atomic E-state index is 14.4. The molecule has 3 aliphatic rings. The maximum Gasteiger partial charge on any atom is 0.258 e. The number of benzene rings is 1. The van der Waals surface area contributed by atoms with E-state index in [0.29, 0.717) is 11.8 Å². The van der Waals surface area contributed by atoms with Gasteiger partial charge >= 0.3 is 0 Å². The smallest absolute Gasteiger partial charge is 0.258 e. The van der Waals surface area contributed by atoms with Crippen molar-refractivity contribution in [1.29, 1.82) is 0 Å². The van der Waals surface area contributed by atoms with Crippen LogP contribution in [0.5, 0.6) is 0 Å². The molecule has 6 nitrogen and oxygen atoms in total. The van der Waals surface area contributed by atoms with E-state index < -0.39 is 5.91 Å². The molecule has 1 spiro atoms. The lowest BCUT2D eigenvalue weighted by molar-refractivity contribution is -0.115. The van der Waals surface area contributed by atoms with Crippen LogP contribution in [0.15, 0.2) is 34.2 Å². The Morgan fingerprint density at radius 2 is 2.00 bits per heavy atom. The number of thioether (sulfide) groups is 1. The molecule has 1 atom stereocenters. The van der Waals surface area contributed by atoms with Gasteiger partial charge in [-0.1, -0.05) is 55.3 Å². The Labute approximate surface area is 199 Å². The Morgan fingerprint density at radius 1 is 1.24 bits per heavy atom. The van der Waals surface area contributed by atoms with Gasteiger partial charge in [-0.3, -0.25) is 14.2 Å². The summed E-state index contributed by atoms with van der Waals surface area (Å²) in [5.74, 6) is -0.306. The highest BCUT2D eigenvalue weighted by atomic mass is 32.2. The molecule has 7 heteroatoms. The fraction of sp³-hybridized carbons (Fsp3) is 0.577. The quantitative estimate of drug-likeness (QED) is 0.533. The summed E-state index contributed by atoms with van der Waals surface area (Å²) in [6.45, 7) is 4.76. The molecule has 1 aromatic heterocycles. The number of ether oxygens (including phenoxy) is 1. The van der Waals surface area contributed by atoms with Crippen molar-refractivity contribution in [2.45, 2.75) is 87.4 Å². The average Bonchev–Trinajstić information content (AvgIpc) is 2.77. The fourth-order valence-corrected chi connectivity index (χ4v) is 6.98. The van der Waals surface area contributed by atoms with Crippen molar-refractivity contribution < 1.29 is 9.53 Å². The number of primary amides is 1. The molecule has 1 aliphatic heterocycles.